The number of rotatable bonds is 6. The maximum absolute atomic E-state index is 13.3. The Hall–Kier alpha value is -3.09. The van der Waals surface area contributed by atoms with Gasteiger partial charge in [-0.3, -0.25) is 14.5 Å². The number of halogens is 2. The number of carbonyl (C=O) groups excluding carboxylic acids is 2. The van der Waals surface area contributed by atoms with Crippen LogP contribution in [0.25, 0.3) is 6.08 Å². The maximum atomic E-state index is 13.3. The Labute approximate surface area is 194 Å². The molecule has 32 heavy (non-hydrogen) atoms. The molecule has 4 rings (SSSR count). The van der Waals surface area contributed by atoms with E-state index in [0.29, 0.717) is 28.4 Å². The molecule has 162 valence electrons. The summed E-state index contributed by atoms with van der Waals surface area (Å²) >= 11 is 6.91. The summed E-state index contributed by atoms with van der Waals surface area (Å²) in [7, 11) is 0. The molecule has 1 fully saturated rings. The Morgan fingerprint density at radius 1 is 1.06 bits per heavy atom. The summed E-state index contributed by atoms with van der Waals surface area (Å²) in [4.78, 5) is 26.8. The van der Waals surface area contributed by atoms with E-state index < -0.39 is 17.0 Å². The number of thioether (sulfide) groups is 1. The van der Waals surface area contributed by atoms with E-state index in [0.717, 1.165) is 33.9 Å². The lowest BCUT2D eigenvalue weighted by Gasteiger charge is -2.13. The van der Waals surface area contributed by atoms with Crippen LogP contribution in [-0.2, 0) is 17.9 Å². The van der Waals surface area contributed by atoms with Gasteiger partial charge in [-0.15, -0.1) is 0 Å². The minimum absolute atomic E-state index is 0.0212. The predicted octanol–water partition coefficient (Wildman–Crippen LogP) is 6.60. The third-order valence-electron chi connectivity index (χ3n) is 4.90. The maximum Gasteiger partial charge on any atom is 0.293 e. The Kier molecular flexibility index (Phi) is 6.63. The van der Waals surface area contributed by atoms with Crippen LogP contribution in [0.5, 0.6) is 5.75 Å². The molecule has 0 radical (unpaired) electrons. The first-order chi connectivity index (χ1) is 15.4. The number of para-hydroxylation sites is 1. The van der Waals surface area contributed by atoms with Crippen LogP contribution in [0, 0.1) is 12.7 Å². The number of ether oxygens (including phenoxy) is 1. The zero-order valence-electron chi connectivity index (χ0n) is 17.2. The van der Waals surface area contributed by atoms with E-state index in [1.807, 2.05) is 49.4 Å². The van der Waals surface area contributed by atoms with Gasteiger partial charge in [-0.05, 0) is 54.1 Å². The van der Waals surface area contributed by atoms with Crippen LogP contribution in [0.2, 0.25) is 5.02 Å². The van der Waals surface area contributed by atoms with E-state index in [1.54, 1.807) is 6.08 Å². The second kappa shape index (κ2) is 9.59. The first-order valence-electron chi connectivity index (χ1n) is 9.87. The quantitative estimate of drug-likeness (QED) is 0.383. The van der Waals surface area contributed by atoms with Gasteiger partial charge in [0.05, 0.1) is 11.4 Å². The summed E-state index contributed by atoms with van der Waals surface area (Å²) in [5.74, 6) is -0.286. The van der Waals surface area contributed by atoms with Crippen molar-refractivity contribution in [2.75, 3.05) is 0 Å². The highest BCUT2D eigenvalue weighted by Gasteiger charge is 2.35. The predicted molar refractivity (Wildman–Crippen MR) is 125 cm³/mol. The molecule has 0 saturated carbocycles. The zero-order chi connectivity index (χ0) is 22.7. The molecule has 1 aliphatic rings. The third-order valence-corrected chi connectivity index (χ3v) is 6.16. The molecule has 0 aromatic heterocycles. The van der Waals surface area contributed by atoms with E-state index in [4.69, 9.17) is 16.3 Å². The van der Waals surface area contributed by atoms with Crippen LogP contribution in [0.3, 0.4) is 0 Å². The lowest BCUT2D eigenvalue weighted by Crippen LogP contribution is -2.27. The second-order valence-corrected chi connectivity index (χ2v) is 8.72. The van der Waals surface area contributed by atoms with Crippen LogP contribution in [0.1, 0.15) is 22.3 Å². The number of nitrogens with zero attached hydrogens (tertiary/aromatic N) is 1. The number of aryl methyl sites for hydroxylation is 1. The molecule has 3 aromatic carbocycles. The van der Waals surface area contributed by atoms with Crippen molar-refractivity contribution in [1.29, 1.82) is 0 Å². The van der Waals surface area contributed by atoms with Crippen molar-refractivity contribution < 1.29 is 18.7 Å². The lowest BCUT2D eigenvalue weighted by molar-refractivity contribution is -0.123. The van der Waals surface area contributed by atoms with Crippen molar-refractivity contribution in [2.45, 2.75) is 20.1 Å². The van der Waals surface area contributed by atoms with Crippen molar-refractivity contribution in [3.8, 4) is 5.75 Å². The summed E-state index contributed by atoms with van der Waals surface area (Å²) < 4.78 is 19.3. The monoisotopic (exact) mass is 467 g/mol. The highest BCUT2D eigenvalue weighted by atomic mass is 35.5. The molecule has 7 heteroatoms. The molecule has 1 aliphatic heterocycles. The van der Waals surface area contributed by atoms with Gasteiger partial charge in [-0.1, -0.05) is 65.7 Å². The number of amides is 2. The van der Waals surface area contributed by atoms with Crippen molar-refractivity contribution in [3.63, 3.8) is 0 Å². The van der Waals surface area contributed by atoms with Gasteiger partial charge < -0.3 is 4.74 Å². The van der Waals surface area contributed by atoms with Gasteiger partial charge in [0.25, 0.3) is 11.1 Å². The van der Waals surface area contributed by atoms with Crippen LogP contribution < -0.4 is 4.74 Å². The van der Waals surface area contributed by atoms with E-state index in [9.17, 15) is 14.0 Å². The van der Waals surface area contributed by atoms with Gasteiger partial charge in [0.15, 0.2) is 0 Å². The Morgan fingerprint density at radius 2 is 1.88 bits per heavy atom. The summed E-state index contributed by atoms with van der Waals surface area (Å²) in [6, 6.07) is 19.3. The number of benzene rings is 3. The minimum atomic E-state index is -0.477. The van der Waals surface area contributed by atoms with Gasteiger partial charge in [0.2, 0.25) is 0 Å². The molecule has 4 nitrogen and oxygen atoms in total. The fourth-order valence-corrected chi connectivity index (χ4v) is 4.35. The number of carbonyl (C=O) groups is 2. The van der Waals surface area contributed by atoms with Crippen molar-refractivity contribution in [3.05, 3.63) is 105 Å². The Morgan fingerprint density at radius 3 is 2.66 bits per heavy atom. The average Bonchev–Trinajstić information content (AvgIpc) is 3.02. The second-order valence-electron chi connectivity index (χ2n) is 7.32. The first-order valence-corrected chi connectivity index (χ1v) is 11.1. The molecule has 2 amide bonds. The molecular weight excluding hydrogens is 449 g/mol. The highest BCUT2D eigenvalue weighted by Crippen LogP contribution is 2.35. The van der Waals surface area contributed by atoms with E-state index in [2.05, 4.69) is 6.07 Å². The standard InChI is InChI=1S/C25H19ClFNO3S/c1-16-5-4-6-17(11-16)15-31-22-8-3-2-7-18(22)12-23-24(29)28(25(30)32-23)14-19-9-10-20(27)13-21(19)26/h2-13H,14-15H2,1H3/b23-12+. The number of imide groups is 1. The van der Waals surface area contributed by atoms with Crippen LogP contribution in [0.15, 0.2) is 71.6 Å². The summed E-state index contributed by atoms with van der Waals surface area (Å²) in [6.07, 6.45) is 1.66. The Bertz CT molecular complexity index is 1230. The average molecular weight is 468 g/mol. The molecule has 1 saturated heterocycles. The van der Waals surface area contributed by atoms with E-state index in [1.165, 1.54) is 12.1 Å². The van der Waals surface area contributed by atoms with Gasteiger partial charge in [-0.25, -0.2) is 4.39 Å². The molecule has 0 atom stereocenters. The normalized spacial score (nSPS) is 15.0. The molecule has 0 unspecified atom stereocenters. The van der Waals surface area contributed by atoms with Crippen LogP contribution >= 0.6 is 23.4 Å². The largest absolute Gasteiger partial charge is 0.488 e. The SMILES string of the molecule is Cc1cccc(COc2ccccc2/C=C2/SC(=O)N(Cc3ccc(F)cc3Cl)C2=O)c1. The van der Waals surface area contributed by atoms with Gasteiger partial charge in [0, 0.05) is 10.6 Å². The van der Waals surface area contributed by atoms with Crippen LogP contribution in [0.4, 0.5) is 9.18 Å². The van der Waals surface area contributed by atoms with Crippen molar-refractivity contribution in [2.24, 2.45) is 0 Å². The first kappa shape index (κ1) is 22.1. The summed E-state index contributed by atoms with van der Waals surface area (Å²) in [5.41, 5.74) is 3.38. The van der Waals surface area contributed by atoms with Crippen LogP contribution in [-0.4, -0.2) is 16.0 Å². The Balaban J connectivity index is 1.52. The van der Waals surface area contributed by atoms with Crippen molar-refractivity contribution >= 4 is 40.6 Å². The fraction of sp³-hybridized carbons (Fsp3) is 0.120. The molecule has 1 heterocycles. The molecule has 0 bridgehead atoms. The number of hydrogen-bond donors (Lipinski definition) is 0. The van der Waals surface area contributed by atoms with Gasteiger partial charge in [-0.2, -0.15) is 0 Å². The lowest BCUT2D eigenvalue weighted by atomic mass is 10.1. The fourth-order valence-electron chi connectivity index (χ4n) is 3.29. The molecule has 0 N–H and O–H groups in total. The topological polar surface area (TPSA) is 46.6 Å². The summed E-state index contributed by atoms with van der Waals surface area (Å²) in [6.45, 7) is 2.39. The smallest absolute Gasteiger partial charge is 0.293 e. The van der Waals surface area contributed by atoms with Gasteiger partial charge in [0.1, 0.15) is 18.2 Å². The van der Waals surface area contributed by atoms with Crippen molar-refractivity contribution in [1.82, 2.24) is 4.90 Å². The zero-order valence-corrected chi connectivity index (χ0v) is 18.8. The highest BCUT2D eigenvalue weighted by molar-refractivity contribution is 8.18. The van der Waals surface area contributed by atoms with Gasteiger partial charge >= 0.3 is 0 Å². The van der Waals surface area contributed by atoms with E-state index in [-0.39, 0.29) is 11.6 Å². The molecular formula is C25H19ClFNO3S. The summed E-state index contributed by atoms with van der Waals surface area (Å²) in [5, 5.41) is -0.234. The number of hydrogen-bond acceptors (Lipinski definition) is 4. The third kappa shape index (κ3) is 5.03. The van der Waals surface area contributed by atoms with E-state index >= 15 is 0 Å². The molecule has 3 aromatic rings. The molecule has 0 aliphatic carbocycles. The molecule has 0 spiro atoms. The minimum Gasteiger partial charge on any atom is -0.488 e.